The molecule has 12 heavy (non-hydrogen) atoms. The zero-order chi connectivity index (χ0) is 9.56. The lowest BCUT2D eigenvalue weighted by Crippen LogP contribution is -2.06. The first kappa shape index (κ1) is 12.3. The zero-order valence-corrected chi connectivity index (χ0v) is 9.11. The lowest BCUT2D eigenvalue weighted by atomic mass is 10.3. The Hall–Kier alpha value is 0.280. The molecule has 2 atom stereocenters. The molecule has 0 aliphatic rings. The average Bonchev–Trinajstić information content (AvgIpc) is 2.03. The van der Waals surface area contributed by atoms with Crippen molar-refractivity contribution in [2.75, 3.05) is 0 Å². The van der Waals surface area contributed by atoms with Gasteiger partial charge in [-0.05, 0) is 26.7 Å². The van der Waals surface area contributed by atoms with Crippen LogP contribution in [-0.4, -0.2) is 12.2 Å². The summed E-state index contributed by atoms with van der Waals surface area (Å²) in [6, 6.07) is 0. The normalized spacial score (nSPS) is 18.8. The molecule has 0 aromatic heterocycles. The fourth-order valence-electron chi connectivity index (χ4n) is 0.457. The summed E-state index contributed by atoms with van der Waals surface area (Å²) < 4.78 is 22.8. The van der Waals surface area contributed by atoms with Gasteiger partial charge in [-0.15, -0.1) is 0 Å². The van der Waals surface area contributed by atoms with E-state index in [1.54, 1.807) is 0 Å². The summed E-state index contributed by atoms with van der Waals surface area (Å²) in [6.45, 7) is 7.60. The Bertz CT molecular complexity index is 101. The van der Waals surface area contributed by atoms with Crippen molar-refractivity contribution in [1.29, 1.82) is 0 Å². The van der Waals surface area contributed by atoms with Crippen LogP contribution in [0.15, 0.2) is 0 Å². The minimum absolute atomic E-state index is 0.0508. The standard InChI is InChI=1S/C8H18FO2P/c1-5-7(3)10-12(9)11-8(4)6-2/h7-8H,5-6H2,1-4H3. The fraction of sp³-hybridized carbons (Fsp3) is 1.00. The molecule has 0 saturated heterocycles. The molecule has 0 aromatic carbocycles. The van der Waals surface area contributed by atoms with Gasteiger partial charge in [-0.3, -0.25) is 0 Å². The summed E-state index contributed by atoms with van der Waals surface area (Å²) in [7, 11) is -2.17. The summed E-state index contributed by atoms with van der Waals surface area (Å²) in [5.41, 5.74) is 0. The van der Waals surface area contributed by atoms with E-state index < -0.39 is 8.69 Å². The molecule has 0 aliphatic heterocycles. The number of hydrogen-bond acceptors (Lipinski definition) is 2. The number of halogens is 1. The Morgan fingerprint density at radius 3 is 1.67 bits per heavy atom. The second-order valence-electron chi connectivity index (χ2n) is 2.86. The molecule has 0 aromatic rings. The predicted octanol–water partition coefficient (Wildman–Crippen LogP) is 3.81. The van der Waals surface area contributed by atoms with Crippen LogP contribution in [0.1, 0.15) is 40.5 Å². The summed E-state index contributed by atoms with van der Waals surface area (Å²) in [6.07, 6.45) is 1.52. The third kappa shape index (κ3) is 5.87. The van der Waals surface area contributed by atoms with E-state index in [9.17, 15) is 4.20 Å². The van der Waals surface area contributed by atoms with E-state index in [1.165, 1.54) is 0 Å². The van der Waals surface area contributed by atoms with Gasteiger partial charge in [-0.25, -0.2) is 0 Å². The second-order valence-corrected chi connectivity index (χ2v) is 3.71. The molecule has 2 nitrogen and oxygen atoms in total. The Kier molecular flexibility index (Phi) is 6.92. The number of hydrogen-bond donors (Lipinski definition) is 0. The molecule has 0 spiro atoms. The molecule has 0 fully saturated rings. The Labute approximate surface area is 75.5 Å². The molecule has 0 bridgehead atoms. The first-order valence-corrected chi connectivity index (χ1v) is 5.46. The maximum absolute atomic E-state index is 12.9. The Morgan fingerprint density at radius 2 is 1.42 bits per heavy atom. The van der Waals surface area contributed by atoms with Crippen molar-refractivity contribution >= 4 is 8.69 Å². The molecule has 0 radical (unpaired) electrons. The zero-order valence-electron chi connectivity index (χ0n) is 8.21. The van der Waals surface area contributed by atoms with E-state index in [1.807, 2.05) is 27.7 Å². The van der Waals surface area contributed by atoms with Crippen LogP contribution in [0.4, 0.5) is 4.20 Å². The average molecular weight is 196 g/mol. The quantitative estimate of drug-likeness (QED) is 0.601. The smallest absolute Gasteiger partial charge is 0.306 e. The van der Waals surface area contributed by atoms with Gasteiger partial charge in [0.05, 0.1) is 12.2 Å². The molecule has 74 valence electrons. The maximum atomic E-state index is 12.9. The van der Waals surface area contributed by atoms with Gasteiger partial charge in [0.2, 0.25) is 0 Å². The highest BCUT2D eigenvalue weighted by Gasteiger charge is 2.15. The molecular formula is C8H18FO2P. The lowest BCUT2D eigenvalue weighted by Gasteiger charge is -2.16. The van der Waals surface area contributed by atoms with Gasteiger partial charge < -0.3 is 9.05 Å². The predicted molar refractivity (Wildman–Crippen MR) is 49.7 cm³/mol. The van der Waals surface area contributed by atoms with Crippen molar-refractivity contribution in [3.05, 3.63) is 0 Å². The second kappa shape index (κ2) is 6.76. The van der Waals surface area contributed by atoms with Crippen molar-refractivity contribution in [3.63, 3.8) is 0 Å². The lowest BCUT2D eigenvalue weighted by molar-refractivity contribution is 0.137. The van der Waals surface area contributed by atoms with Gasteiger partial charge in [0.15, 0.2) is 0 Å². The third-order valence-corrected chi connectivity index (χ3v) is 2.73. The van der Waals surface area contributed by atoms with Gasteiger partial charge in [-0.2, -0.15) is 4.20 Å². The summed E-state index contributed by atoms with van der Waals surface area (Å²) >= 11 is 0. The van der Waals surface area contributed by atoms with Crippen LogP contribution in [0.5, 0.6) is 0 Å². The van der Waals surface area contributed by atoms with E-state index >= 15 is 0 Å². The van der Waals surface area contributed by atoms with Crippen LogP contribution in [0.3, 0.4) is 0 Å². The van der Waals surface area contributed by atoms with E-state index in [0.717, 1.165) is 12.8 Å². The van der Waals surface area contributed by atoms with Crippen LogP contribution >= 0.6 is 8.69 Å². The molecule has 0 saturated carbocycles. The molecule has 4 heteroatoms. The third-order valence-electron chi connectivity index (χ3n) is 1.68. The van der Waals surface area contributed by atoms with E-state index in [4.69, 9.17) is 9.05 Å². The Morgan fingerprint density at radius 1 is 1.08 bits per heavy atom. The first-order valence-electron chi connectivity index (χ1n) is 4.39. The van der Waals surface area contributed by atoms with Crippen molar-refractivity contribution in [2.45, 2.75) is 52.7 Å². The SMILES string of the molecule is CCC(C)OP(F)OC(C)CC. The maximum Gasteiger partial charge on any atom is 0.375 e. The van der Waals surface area contributed by atoms with E-state index in [2.05, 4.69) is 0 Å². The van der Waals surface area contributed by atoms with Crippen LogP contribution in [0, 0.1) is 0 Å². The van der Waals surface area contributed by atoms with Gasteiger partial charge in [0.25, 0.3) is 0 Å². The largest absolute Gasteiger partial charge is 0.375 e. The summed E-state index contributed by atoms with van der Waals surface area (Å²) in [5, 5.41) is 0. The van der Waals surface area contributed by atoms with Crippen molar-refractivity contribution < 1.29 is 13.2 Å². The molecule has 0 heterocycles. The summed E-state index contributed by atoms with van der Waals surface area (Å²) in [5.74, 6) is 0. The molecule has 2 unspecified atom stereocenters. The molecule has 0 amide bonds. The van der Waals surface area contributed by atoms with Crippen LogP contribution in [0.25, 0.3) is 0 Å². The summed E-state index contributed by atoms with van der Waals surface area (Å²) in [4.78, 5) is 0. The van der Waals surface area contributed by atoms with Gasteiger partial charge >= 0.3 is 8.69 Å². The molecule has 0 N–H and O–H groups in total. The minimum Gasteiger partial charge on any atom is -0.306 e. The van der Waals surface area contributed by atoms with Crippen LogP contribution in [-0.2, 0) is 9.05 Å². The minimum atomic E-state index is -2.17. The van der Waals surface area contributed by atoms with Crippen molar-refractivity contribution in [3.8, 4) is 0 Å². The van der Waals surface area contributed by atoms with Crippen molar-refractivity contribution in [1.82, 2.24) is 0 Å². The Balaban J connectivity index is 3.51. The monoisotopic (exact) mass is 196 g/mol. The van der Waals surface area contributed by atoms with Gasteiger partial charge in [0.1, 0.15) is 0 Å². The van der Waals surface area contributed by atoms with E-state index in [0.29, 0.717) is 0 Å². The van der Waals surface area contributed by atoms with Crippen LogP contribution in [0.2, 0.25) is 0 Å². The first-order chi connectivity index (χ1) is 5.60. The topological polar surface area (TPSA) is 18.5 Å². The molecule has 0 rings (SSSR count). The molecule has 0 aliphatic carbocycles. The fourth-order valence-corrected chi connectivity index (χ4v) is 1.37. The highest BCUT2D eigenvalue weighted by molar-refractivity contribution is 7.41. The molecular weight excluding hydrogens is 178 g/mol. The van der Waals surface area contributed by atoms with Gasteiger partial charge in [-0.1, -0.05) is 13.8 Å². The van der Waals surface area contributed by atoms with Gasteiger partial charge in [0, 0.05) is 0 Å². The van der Waals surface area contributed by atoms with E-state index in [-0.39, 0.29) is 12.2 Å². The number of rotatable bonds is 6. The highest BCUT2D eigenvalue weighted by Crippen LogP contribution is 2.43. The van der Waals surface area contributed by atoms with Crippen LogP contribution < -0.4 is 0 Å². The van der Waals surface area contributed by atoms with Crippen molar-refractivity contribution in [2.24, 2.45) is 0 Å². The highest BCUT2D eigenvalue weighted by atomic mass is 31.2.